The standard InChI is InChI=1S/C23H29N3O2/c1-17(2)19-6-10-22(11-7-19)26(18(3)27)16-23(28)24-20-8-12-21(13-9-20)25-14-4-5-15-25/h6-13,17H,4-5,14-16H2,1-3H3,(H,24,28). The van der Waals surface area contributed by atoms with E-state index in [0.717, 1.165) is 24.5 Å². The third-order valence-electron chi connectivity index (χ3n) is 5.18. The zero-order valence-electron chi connectivity index (χ0n) is 16.9. The van der Waals surface area contributed by atoms with Crippen LogP contribution in [0.2, 0.25) is 0 Å². The van der Waals surface area contributed by atoms with E-state index < -0.39 is 0 Å². The Hall–Kier alpha value is -2.82. The van der Waals surface area contributed by atoms with Crippen molar-refractivity contribution in [2.24, 2.45) is 0 Å². The molecule has 1 N–H and O–H groups in total. The van der Waals surface area contributed by atoms with Gasteiger partial charge in [-0.15, -0.1) is 0 Å². The third kappa shape index (κ3) is 4.91. The maximum Gasteiger partial charge on any atom is 0.244 e. The minimum absolute atomic E-state index is 0.00969. The molecular formula is C23H29N3O2. The van der Waals surface area contributed by atoms with Crippen molar-refractivity contribution in [2.45, 2.75) is 39.5 Å². The Labute approximate surface area is 167 Å². The van der Waals surface area contributed by atoms with E-state index >= 15 is 0 Å². The van der Waals surface area contributed by atoms with Crippen LogP contribution in [0.25, 0.3) is 0 Å². The largest absolute Gasteiger partial charge is 0.372 e. The Balaban J connectivity index is 1.63. The molecule has 5 nitrogen and oxygen atoms in total. The molecule has 0 spiro atoms. The number of carbonyl (C=O) groups excluding carboxylic acids is 2. The van der Waals surface area contributed by atoms with Crippen LogP contribution in [0.1, 0.15) is 45.1 Å². The number of rotatable bonds is 6. The molecule has 2 aromatic rings. The summed E-state index contributed by atoms with van der Waals surface area (Å²) in [6, 6.07) is 15.7. The van der Waals surface area contributed by atoms with Crippen LogP contribution in [0.15, 0.2) is 48.5 Å². The van der Waals surface area contributed by atoms with E-state index in [9.17, 15) is 9.59 Å². The molecule has 1 saturated heterocycles. The predicted molar refractivity (Wildman–Crippen MR) is 115 cm³/mol. The predicted octanol–water partition coefficient (Wildman–Crippen LogP) is 4.40. The summed E-state index contributed by atoms with van der Waals surface area (Å²) in [4.78, 5) is 28.4. The normalized spacial score (nSPS) is 13.6. The highest BCUT2D eigenvalue weighted by Crippen LogP contribution is 2.23. The summed E-state index contributed by atoms with van der Waals surface area (Å²) < 4.78 is 0. The van der Waals surface area contributed by atoms with Crippen LogP contribution >= 0.6 is 0 Å². The summed E-state index contributed by atoms with van der Waals surface area (Å²) >= 11 is 0. The van der Waals surface area contributed by atoms with Crippen molar-refractivity contribution in [1.29, 1.82) is 0 Å². The molecule has 1 heterocycles. The molecule has 0 saturated carbocycles. The highest BCUT2D eigenvalue weighted by molar-refractivity contribution is 6.01. The summed E-state index contributed by atoms with van der Waals surface area (Å²) in [7, 11) is 0. The minimum Gasteiger partial charge on any atom is -0.372 e. The smallest absolute Gasteiger partial charge is 0.244 e. The fourth-order valence-corrected chi connectivity index (χ4v) is 3.50. The second kappa shape index (κ2) is 8.91. The number of hydrogen-bond acceptors (Lipinski definition) is 3. The molecule has 1 aliphatic rings. The van der Waals surface area contributed by atoms with Gasteiger partial charge in [-0.05, 0) is 60.7 Å². The highest BCUT2D eigenvalue weighted by Gasteiger charge is 2.17. The molecule has 148 valence electrons. The van der Waals surface area contributed by atoms with Crippen molar-refractivity contribution in [3.8, 4) is 0 Å². The van der Waals surface area contributed by atoms with Gasteiger partial charge in [0.05, 0.1) is 0 Å². The Morgan fingerprint density at radius 2 is 1.61 bits per heavy atom. The van der Waals surface area contributed by atoms with E-state index in [-0.39, 0.29) is 18.4 Å². The van der Waals surface area contributed by atoms with Crippen LogP contribution < -0.4 is 15.1 Å². The number of nitrogens with one attached hydrogen (secondary N) is 1. The van der Waals surface area contributed by atoms with Crippen molar-refractivity contribution in [2.75, 3.05) is 34.8 Å². The van der Waals surface area contributed by atoms with E-state index in [4.69, 9.17) is 0 Å². The van der Waals surface area contributed by atoms with E-state index in [1.165, 1.54) is 35.9 Å². The van der Waals surface area contributed by atoms with Crippen molar-refractivity contribution in [3.63, 3.8) is 0 Å². The van der Waals surface area contributed by atoms with Gasteiger partial charge in [0.25, 0.3) is 0 Å². The van der Waals surface area contributed by atoms with Gasteiger partial charge in [-0.25, -0.2) is 0 Å². The lowest BCUT2D eigenvalue weighted by atomic mass is 10.0. The number of hydrogen-bond donors (Lipinski definition) is 1. The number of carbonyl (C=O) groups is 2. The molecule has 0 aliphatic carbocycles. The summed E-state index contributed by atoms with van der Waals surface area (Å²) in [6.07, 6.45) is 2.47. The molecule has 0 radical (unpaired) electrons. The molecule has 2 amide bonds. The maximum atomic E-state index is 12.5. The van der Waals surface area contributed by atoms with Gasteiger partial charge in [-0.1, -0.05) is 26.0 Å². The van der Waals surface area contributed by atoms with Crippen LogP contribution in [0.3, 0.4) is 0 Å². The lowest BCUT2D eigenvalue weighted by Gasteiger charge is -2.21. The van der Waals surface area contributed by atoms with Gasteiger partial charge in [-0.2, -0.15) is 0 Å². The Bertz CT molecular complexity index is 807. The molecule has 1 aliphatic heterocycles. The molecule has 0 bridgehead atoms. The average molecular weight is 380 g/mol. The van der Waals surface area contributed by atoms with Gasteiger partial charge in [-0.3, -0.25) is 9.59 Å². The van der Waals surface area contributed by atoms with Crippen LogP contribution in [0.4, 0.5) is 17.1 Å². The SMILES string of the molecule is CC(=O)N(CC(=O)Nc1ccc(N2CCCC2)cc1)c1ccc(C(C)C)cc1. The van der Waals surface area contributed by atoms with Gasteiger partial charge in [0, 0.05) is 37.1 Å². The average Bonchev–Trinajstić information content (AvgIpc) is 3.21. The molecule has 5 heteroatoms. The van der Waals surface area contributed by atoms with Gasteiger partial charge < -0.3 is 15.1 Å². The summed E-state index contributed by atoms with van der Waals surface area (Å²) in [5.41, 5.74) is 3.86. The first-order valence-corrected chi connectivity index (χ1v) is 9.97. The number of anilines is 3. The van der Waals surface area contributed by atoms with Crippen LogP contribution in [-0.4, -0.2) is 31.4 Å². The van der Waals surface area contributed by atoms with Gasteiger partial charge in [0.2, 0.25) is 11.8 Å². The van der Waals surface area contributed by atoms with Crippen LogP contribution in [-0.2, 0) is 9.59 Å². The zero-order chi connectivity index (χ0) is 20.1. The monoisotopic (exact) mass is 379 g/mol. The third-order valence-corrected chi connectivity index (χ3v) is 5.18. The second-order valence-electron chi connectivity index (χ2n) is 7.64. The minimum atomic E-state index is -0.211. The second-order valence-corrected chi connectivity index (χ2v) is 7.64. The summed E-state index contributed by atoms with van der Waals surface area (Å²) in [5, 5.41) is 2.89. The van der Waals surface area contributed by atoms with Crippen molar-refractivity contribution in [1.82, 2.24) is 0 Å². The van der Waals surface area contributed by atoms with Crippen LogP contribution in [0.5, 0.6) is 0 Å². The molecule has 0 atom stereocenters. The Kier molecular flexibility index (Phi) is 6.34. The summed E-state index contributed by atoms with van der Waals surface area (Å²) in [5.74, 6) is 0.0561. The van der Waals surface area contributed by atoms with Gasteiger partial charge in [0.15, 0.2) is 0 Å². The first kappa shape index (κ1) is 19.9. The van der Waals surface area contributed by atoms with Crippen LogP contribution in [0, 0.1) is 0 Å². The number of benzene rings is 2. The molecule has 2 aromatic carbocycles. The lowest BCUT2D eigenvalue weighted by Crippen LogP contribution is -2.36. The first-order chi connectivity index (χ1) is 13.4. The van der Waals surface area contributed by atoms with Gasteiger partial charge >= 0.3 is 0 Å². The fraction of sp³-hybridized carbons (Fsp3) is 0.391. The van der Waals surface area contributed by atoms with Gasteiger partial charge in [0.1, 0.15) is 6.54 Å². The van der Waals surface area contributed by atoms with E-state index in [2.05, 4.69) is 24.1 Å². The summed E-state index contributed by atoms with van der Waals surface area (Å²) in [6.45, 7) is 7.91. The molecule has 1 fully saturated rings. The van der Waals surface area contributed by atoms with E-state index in [0.29, 0.717) is 5.92 Å². The molecule has 0 unspecified atom stereocenters. The molecule has 0 aromatic heterocycles. The lowest BCUT2D eigenvalue weighted by molar-refractivity contribution is -0.120. The quantitative estimate of drug-likeness (QED) is 0.809. The molecule has 3 rings (SSSR count). The fourth-order valence-electron chi connectivity index (χ4n) is 3.50. The zero-order valence-corrected chi connectivity index (χ0v) is 16.9. The Morgan fingerprint density at radius 3 is 2.14 bits per heavy atom. The maximum absolute atomic E-state index is 12.5. The molecule has 28 heavy (non-hydrogen) atoms. The number of nitrogens with zero attached hydrogens (tertiary/aromatic N) is 2. The first-order valence-electron chi connectivity index (χ1n) is 9.97. The van der Waals surface area contributed by atoms with E-state index in [1.807, 2.05) is 48.5 Å². The Morgan fingerprint density at radius 1 is 1.00 bits per heavy atom. The highest BCUT2D eigenvalue weighted by atomic mass is 16.2. The van der Waals surface area contributed by atoms with Crippen molar-refractivity contribution in [3.05, 3.63) is 54.1 Å². The topological polar surface area (TPSA) is 52.7 Å². The molecular weight excluding hydrogens is 350 g/mol. The number of amides is 2. The van der Waals surface area contributed by atoms with Crippen molar-refractivity contribution >= 4 is 28.9 Å². The van der Waals surface area contributed by atoms with Crippen molar-refractivity contribution < 1.29 is 9.59 Å². The van der Waals surface area contributed by atoms with E-state index in [1.54, 1.807) is 0 Å².